The topological polar surface area (TPSA) is 82.7 Å². The first kappa shape index (κ1) is 23.1. The van der Waals surface area contributed by atoms with Gasteiger partial charge in [-0.05, 0) is 37.8 Å². The van der Waals surface area contributed by atoms with Gasteiger partial charge < -0.3 is 15.7 Å². The highest BCUT2D eigenvalue weighted by Gasteiger charge is 2.33. The summed E-state index contributed by atoms with van der Waals surface area (Å²) in [6.45, 7) is 4.28. The van der Waals surface area contributed by atoms with Crippen molar-refractivity contribution in [1.29, 1.82) is 0 Å². The van der Waals surface area contributed by atoms with Crippen molar-refractivity contribution in [3.63, 3.8) is 0 Å². The van der Waals surface area contributed by atoms with Crippen molar-refractivity contribution < 1.29 is 9.90 Å². The fourth-order valence-corrected chi connectivity index (χ4v) is 3.74. The van der Waals surface area contributed by atoms with E-state index < -0.39 is 6.10 Å². The molecule has 3 rings (SSSR count). The Morgan fingerprint density at radius 3 is 2.69 bits per heavy atom. The largest absolute Gasteiger partial charge is 0.392 e. The van der Waals surface area contributed by atoms with Crippen molar-refractivity contribution in [2.45, 2.75) is 44.4 Å². The molecule has 8 heteroatoms. The smallest absolute Gasteiger partial charge is 0.225 e. The molecule has 2 fully saturated rings. The van der Waals surface area contributed by atoms with Crippen LogP contribution in [0.15, 0.2) is 24.4 Å². The van der Waals surface area contributed by atoms with Gasteiger partial charge in [0.15, 0.2) is 0 Å². The Labute approximate surface area is 168 Å². The van der Waals surface area contributed by atoms with Crippen LogP contribution >= 0.6 is 24.8 Å². The second-order valence-electron chi connectivity index (χ2n) is 7.02. The van der Waals surface area contributed by atoms with Gasteiger partial charge in [-0.1, -0.05) is 6.07 Å². The molecular formula is C18H30Cl2N4O2. The SMILES string of the molecule is Cl.Cl.N[C@@H]1C[C@@H](C(=O)N2CCCN(Cc3ccccn3)CC2)CC[C@H]1O. The molecule has 0 spiro atoms. The van der Waals surface area contributed by atoms with Crippen molar-refractivity contribution in [2.75, 3.05) is 26.2 Å². The number of rotatable bonds is 3. The van der Waals surface area contributed by atoms with E-state index in [-0.39, 0.29) is 42.7 Å². The molecule has 0 aromatic carbocycles. The molecule has 1 aromatic rings. The Bertz CT molecular complexity index is 549. The minimum atomic E-state index is -0.452. The zero-order valence-corrected chi connectivity index (χ0v) is 16.6. The van der Waals surface area contributed by atoms with Crippen LogP contribution in [-0.4, -0.2) is 64.1 Å². The predicted molar refractivity (Wildman–Crippen MR) is 107 cm³/mol. The molecule has 26 heavy (non-hydrogen) atoms. The summed E-state index contributed by atoms with van der Waals surface area (Å²) in [6, 6.07) is 5.72. The molecule has 1 aliphatic heterocycles. The van der Waals surface area contributed by atoms with E-state index in [2.05, 4.69) is 9.88 Å². The van der Waals surface area contributed by atoms with Gasteiger partial charge in [0.2, 0.25) is 5.91 Å². The van der Waals surface area contributed by atoms with Crippen LogP contribution in [0, 0.1) is 5.92 Å². The van der Waals surface area contributed by atoms with Crippen LogP contribution < -0.4 is 5.73 Å². The number of halogens is 2. The summed E-state index contributed by atoms with van der Waals surface area (Å²) in [5.74, 6) is 0.197. The molecule has 1 amide bonds. The standard InChI is InChI=1S/C18H28N4O2.2ClH/c19-16-12-14(5-6-17(16)23)18(24)22-9-3-8-21(10-11-22)13-15-4-1-2-7-20-15;;/h1-2,4,7,14,16-17,23H,3,5-6,8-13,19H2;2*1H/t14-,16+,17+;;/m0../s1. The van der Waals surface area contributed by atoms with Gasteiger partial charge in [0, 0.05) is 50.9 Å². The number of nitrogens with two attached hydrogens (primary N) is 1. The van der Waals surface area contributed by atoms with E-state index in [9.17, 15) is 9.90 Å². The van der Waals surface area contributed by atoms with Gasteiger partial charge in [0.25, 0.3) is 0 Å². The van der Waals surface area contributed by atoms with Crippen molar-refractivity contribution in [2.24, 2.45) is 11.7 Å². The highest BCUT2D eigenvalue weighted by molar-refractivity contribution is 5.85. The zero-order valence-electron chi connectivity index (χ0n) is 15.0. The first-order valence-corrected chi connectivity index (χ1v) is 8.98. The number of pyridine rings is 1. The van der Waals surface area contributed by atoms with Crippen LogP contribution in [0.3, 0.4) is 0 Å². The Morgan fingerprint density at radius 2 is 2.00 bits per heavy atom. The van der Waals surface area contributed by atoms with E-state index in [4.69, 9.17) is 5.73 Å². The summed E-state index contributed by atoms with van der Waals surface area (Å²) in [5.41, 5.74) is 7.01. The van der Waals surface area contributed by atoms with E-state index in [1.807, 2.05) is 29.3 Å². The van der Waals surface area contributed by atoms with Gasteiger partial charge in [-0.25, -0.2) is 0 Å². The molecule has 1 saturated carbocycles. The number of hydrogen-bond acceptors (Lipinski definition) is 5. The van der Waals surface area contributed by atoms with E-state index in [0.29, 0.717) is 12.8 Å². The third kappa shape index (κ3) is 6.06. The number of aliphatic hydroxyl groups excluding tert-OH is 1. The second-order valence-corrected chi connectivity index (χ2v) is 7.02. The number of aromatic nitrogens is 1. The molecule has 1 aromatic heterocycles. The molecule has 0 bridgehead atoms. The Balaban J connectivity index is 0.00000169. The quantitative estimate of drug-likeness (QED) is 0.796. The first-order chi connectivity index (χ1) is 11.6. The van der Waals surface area contributed by atoms with E-state index in [1.54, 1.807) is 0 Å². The molecule has 3 atom stereocenters. The van der Waals surface area contributed by atoms with Crippen LogP contribution in [0.1, 0.15) is 31.4 Å². The van der Waals surface area contributed by atoms with Crippen LogP contribution in [0.5, 0.6) is 0 Å². The first-order valence-electron chi connectivity index (χ1n) is 8.98. The number of carbonyl (C=O) groups excluding carboxylic acids is 1. The van der Waals surface area contributed by atoms with Gasteiger partial charge in [0.1, 0.15) is 0 Å². The van der Waals surface area contributed by atoms with E-state index >= 15 is 0 Å². The summed E-state index contributed by atoms with van der Waals surface area (Å²) >= 11 is 0. The molecule has 6 nitrogen and oxygen atoms in total. The lowest BCUT2D eigenvalue weighted by molar-refractivity contribution is -0.137. The summed E-state index contributed by atoms with van der Waals surface area (Å²) in [5, 5.41) is 9.74. The third-order valence-corrected chi connectivity index (χ3v) is 5.22. The lowest BCUT2D eigenvalue weighted by Gasteiger charge is -2.33. The third-order valence-electron chi connectivity index (χ3n) is 5.22. The fourth-order valence-electron chi connectivity index (χ4n) is 3.74. The summed E-state index contributed by atoms with van der Waals surface area (Å²) < 4.78 is 0. The molecule has 2 aliphatic rings. The van der Waals surface area contributed by atoms with Crippen molar-refractivity contribution in [3.8, 4) is 0 Å². The molecule has 1 saturated heterocycles. The Morgan fingerprint density at radius 1 is 1.19 bits per heavy atom. The Hall–Kier alpha value is -0.920. The maximum Gasteiger partial charge on any atom is 0.225 e. The average Bonchev–Trinajstić information content (AvgIpc) is 2.83. The van der Waals surface area contributed by atoms with Crippen molar-refractivity contribution in [3.05, 3.63) is 30.1 Å². The van der Waals surface area contributed by atoms with E-state index in [1.165, 1.54) is 0 Å². The maximum absolute atomic E-state index is 12.8. The van der Waals surface area contributed by atoms with Crippen LogP contribution in [0.25, 0.3) is 0 Å². The summed E-state index contributed by atoms with van der Waals surface area (Å²) in [6.07, 6.45) is 4.35. The predicted octanol–water partition coefficient (Wildman–Crippen LogP) is 1.45. The lowest BCUT2D eigenvalue weighted by Crippen LogP contribution is -2.46. The zero-order chi connectivity index (χ0) is 16.9. The Kier molecular flexibility index (Phi) is 9.82. The van der Waals surface area contributed by atoms with Crippen LogP contribution in [-0.2, 0) is 11.3 Å². The number of aliphatic hydroxyl groups is 1. The minimum Gasteiger partial charge on any atom is -0.392 e. The highest BCUT2D eigenvalue weighted by atomic mass is 35.5. The molecule has 1 aliphatic carbocycles. The molecule has 0 radical (unpaired) electrons. The maximum atomic E-state index is 12.8. The van der Waals surface area contributed by atoms with Crippen LogP contribution in [0.2, 0.25) is 0 Å². The minimum absolute atomic E-state index is 0. The fraction of sp³-hybridized carbons (Fsp3) is 0.667. The monoisotopic (exact) mass is 404 g/mol. The number of hydrogen-bond donors (Lipinski definition) is 2. The normalized spacial score (nSPS) is 27.0. The molecule has 2 heterocycles. The molecule has 3 N–H and O–H groups in total. The summed E-state index contributed by atoms with van der Waals surface area (Å²) in [7, 11) is 0. The lowest BCUT2D eigenvalue weighted by atomic mass is 9.83. The van der Waals surface area contributed by atoms with Crippen LogP contribution in [0.4, 0.5) is 0 Å². The second kappa shape index (κ2) is 11.0. The van der Waals surface area contributed by atoms with Gasteiger partial charge in [-0.15, -0.1) is 24.8 Å². The van der Waals surface area contributed by atoms with Crippen molar-refractivity contribution in [1.82, 2.24) is 14.8 Å². The highest BCUT2D eigenvalue weighted by Crippen LogP contribution is 2.26. The molecule has 148 valence electrons. The average molecular weight is 405 g/mol. The van der Waals surface area contributed by atoms with Gasteiger partial charge >= 0.3 is 0 Å². The summed E-state index contributed by atoms with van der Waals surface area (Å²) in [4.78, 5) is 21.5. The van der Waals surface area contributed by atoms with Crippen molar-refractivity contribution >= 4 is 30.7 Å². The number of carbonyl (C=O) groups is 1. The molecular weight excluding hydrogens is 375 g/mol. The van der Waals surface area contributed by atoms with E-state index in [0.717, 1.165) is 51.3 Å². The molecule has 0 unspecified atom stereocenters. The van der Waals surface area contributed by atoms with Gasteiger partial charge in [-0.3, -0.25) is 14.7 Å². The van der Waals surface area contributed by atoms with Gasteiger partial charge in [-0.2, -0.15) is 0 Å². The number of amides is 1. The van der Waals surface area contributed by atoms with Gasteiger partial charge in [0.05, 0.1) is 11.8 Å². The number of nitrogens with zero attached hydrogens (tertiary/aromatic N) is 3.